The van der Waals surface area contributed by atoms with E-state index in [2.05, 4.69) is 71.4 Å². The van der Waals surface area contributed by atoms with Crippen LogP contribution in [0.25, 0.3) is 22.2 Å². The van der Waals surface area contributed by atoms with E-state index in [0.29, 0.717) is 49.9 Å². The number of nitrogens with zero attached hydrogens (tertiary/aromatic N) is 10. The van der Waals surface area contributed by atoms with Crippen LogP contribution in [0.3, 0.4) is 0 Å². The second kappa shape index (κ2) is 18.9. The highest BCUT2D eigenvalue weighted by molar-refractivity contribution is 9.10. The molecule has 0 spiro atoms. The maximum Gasteiger partial charge on any atom is 0.262 e. The molecule has 0 bridgehead atoms. The number of imide groups is 2. The van der Waals surface area contributed by atoms with E-state index in [1.54, 1.807) is 42.3 Å². The largest absolute Gasteiger partial charge is 0.494 e. The maximum atomic E-state index is 13.5. The van der Waals surface area contributed by atoms with Crippen LogP contribution in [0.1, 0.15) is 46.4 Å². The van der Waals surface area contributed by atoms with E-state index in [9.17, 15) is 27.6 Å². The summed E-state index contributed by atoms with van der Waals surface area (Å²) in [6, 6.07) is 11.8. The van der Waals surface area contributed by atoms with E-state index in [4.69, 9.17) is 9.72 Å². The number of fused-ring (bicyclic) bond motifs is 2. The van der Waals surface area contributed by atoms with Gasteiger partial charge >= 0.3 is 0 Å². The number of sulfonamides is 1. The predicted octanol–water partition coefficient (Wildman–Crippen LogP) is 4.89. The van der Waals surface area contributed by atoms with Gasteiger partial charge in [0.25, 0.3) is 11.8 Å². The fourth-order valence-corrected chi connectivity index (χ4v) is 10.5. The number of ether oxygens (including phenoxy) is 1. The van der Waals surface area contributed by atoms with Gasteiger partial charge in [-0.3, -0.25) is 53.7 Å². The number of hydrogen-bond acceptors (Lipinski definition) is 17. The molecule has 70 heavy (non-hydrogen) atoms. The van der Waals surface area contributed by atoms with Crippen molar-refractivity contribution in [3.05, 3.63) is 89.0 Å². The fraction of sp³-hybridized carbons (Fsp3) is 0.340. The third-order valence-electron chi connectivity index (χ3n) is 13.1. The van der Waals surface area contributed by atoms with Crippen LogP contribution in [0, 0.1) is 5.92 Å². The van der Waals surface area contributed by atoms with E-state index < -0.39 is 39.7 Å². The number of piperidine rings is 2. The summed E-state index contributed by atoms with van der Waals surface area (Å²) in [5.41, 5.74) is 6.46. The molecule has 0 saturated carbocycles. The highest BCUT2D eigenvalue weighted by Crippen LogP contribution is 2.42. The number of carbonyl (C=O) groups is 4. The highest BCUT2D eigenvalue weighted by Gasteiger charge is 2.45. The molecule has 7 heterocycles. The Labute approximate surface area is 411 Å². The van der Waals surface area contributed by atoms with Crippen LogP contribution in [0.2, 0.25) is 0 Å². The molecule has 362 valence electrons. The molecule has 0 aliphatic carbocycles. The minimum Gasteiger partial charge on any atom is -0.494 e. The van der Waals surface area contributed by atoms with Gasteiger partial charge < -0.3 is 25.2 Å². The number of rotatable bonds is 13. The number of piperazine rings is 1. The Morgan fingerprint density at radius 3 is 2.33 bits per heavy atom. The van der Waals surface area contributed by atoms with Crippen LogP contribution in [-0.2, 0) is 26.7 Å². The molecule has 6 aromatic rings. The summed E-state index contributed by atoms with van der Waals surface area (Å²) in [6.45, 7) is 5.91. The van der Waals surface area contributed by atoms with Gasteiger partial charge in [-0.15, -0.1) is 0 Å². The summed E-state index contributed by atoms with van der Waals surface area (Å²) < 4.78 is 35.7. The standard InChI is InChI=1S/C47H49BrN14O7S/c1-58-26-28(23-52-58)31-21-36(54-47-51-24-33(48)43(56-47)53-35-7-6-34-41(50-13-12-49-34)42(35)57-70(3,67)68)39(69-2)22-38(31)61-18-16-59(17-19-61)25-27-10-14-60(15-11-27)29-4-5-30-32(20-29)46(66)62(45(30)65)37-8-9-40(63)55-44(37)64/h4-7,12-13,20-24,26-27,37,57H,8-11,14-19,25H2,1-3H3,(H,55,63,64)(H2,51,53,54,56). The van der Waals surface area contributed by atoms with Crippen LogP contribution < -0.4 is 35.2 Å². The Hall–Kier alpha value is -7.24. The number of aryl methyl sites for hydroxylation is 1. The Morgan fingerprint density at radius 2 is 1.60 bits per heavy atom. The molecule has 4 amide bonds. The summed E-state index contributed by atoms with van der Waals surface area (Å²) in [4.78, 5) is 77.1. The first-order valence-electron chi connectivity index (χ1n) is 22.8. The first-order chi connectivity index (χ1) is 33.7. The summed E-state index contributed by atoms with van der Waals surface area (Å²) >= 11 is 3.54. The predicted molar refractivity (Wildman–Crippen MR) is 266 cm³/mol. The monoisotopic (exact) mass is 1030 g/mol. The van der Waals surface area contributed by atoms with Crippen LogP contribution in [-0.4, -0.2) is 137 Å². The van der Waals surface area contributed by atoms with Crippen molar-refractivity contribution in [3.8, 4) is 16.9 Å². The molecule has 1 atom stereocenters. The lowest BCUT2D eigenvalue weighted by molar-refractivity contribution is -0.136. The molecule has 3 fully saturated rings. The summed E-state index contributed by atoms with van der Waals surface area (Å²) in [5, 5.41) is 13.3. The van der Waals surface area contributed by atoms with Crippen LogP contribution in [0.4, 0.5) is 40.2 Å². The van der Waals surface area contributed by atoms with Crippen molar-refractivity contribution in [2.24, 2.45) is 13.0 Å². The quantitative estimate of drug-likeness (QED) is 0.113. The number of methoxy groups -OCH3 is 1. The number of carbonyl (C=O) groups excluding carboxylic acids is 4. The summed E-state index contributed by atoms with van der Waals surface area (Å²) in [7, 11) is -0.185. The number of anilines is 7. The zero-order valence-electron chi connectivity index (χ0n) is 38.5. The van der Waals surface area contributed by atoms with Gasteiger partial charge in [0.15, 0.2) is 0 Å². The highest BCUT2D eigenvalue weighted by atomic mass is 79.9. The second-order valence-electron chi connectivity index (χ2n) is 17.8. The molecule has 21 nitrogen and oxygen atoms in total. The van der Waals surface area contributed by atoms with Gasteiger partial charge in [-0.05, 0) is 77.5 Å². The molecule has 4 aliphatic heterocycles. The Kier molecular flexibility index (Phi) is 12.6. The number of benzene rings is 3. The zero-order valence-corrected chi connectivity index (χ0v) is 40.9. The molecular formula is C47H49BrN14O7S. The van der Waals surface area contributed by atoms with Crippen LogP contribution in [0.15, 0.2) is 77.9 Å². The van der Waals surface area contributed by atoms with Crippen LogP contribution in [0.5, 0.6) is 5.75 Å². The van der Waals surface area contributed by atoms with Gasteiger partial charge in [-0.1, -0.05) is 0 Å². The smallest absolute Gasteiger partial charge is 0.262 e. The number of nitrogens with one attached hydrogen (secondary N) is 4. The van der Waals surface area contributed by atoms with E-state index >= 15 is 0 Å². The molecule has 1 unspecified atom stereocenters. The van der Waals surface area contributed by atoms with Crippen molar-refractivity contribution < 1.29 is 32.3 Å². The third kappa shape index (κ3) is 9.42. The second-order valence-corrected chi connectivity index (χ2v) is 20.4. The lowest BCUT2D eigenvalue weighted by Gasteiger charge is -2.40. The minimum atomic E-state index is -3.68. The first kappa shape index (κ1) is 46.5. The number of halogens is 1. The number of amides is 4. The molecule has 23 heteroatoms. The van der Waals surface area contributed by atoms with E-state index in [-0.39, 0.29) is 30.0 Å². The molecule has 3 aromatic heterocycles. The zero-order chi connectivity index (χ0) is 48.8. The molecule has 10 rings (SSSR count). The van der Waals surface area contributed by atoms with Crippen LogP contribution >= 0.6 is 15.9 Å². The molecule has 4 N–H and O–H groups in total. The lowest BCUT2D eigenvalue weighted by Crippen LogP contribution is -2.54. The van der Waals surface area contributed by atoms with Gasteiger partial charge in [0.1, 0.15) is 23.1 Å². The van der Waals surface area contributed by atoms with Gasteiger partial charge in [-0.2, -0.15) is 10.1 Å². The van der Waals surface area contributed by atoms with Crippen molar-refractivity contribution in [2.75, 3.05) is 84.3 Å². The van der Waals surface area contributed by atoms with Crippen molar-refractivity contribution in [1.82, 2.24) is 44.8 Å². The topological polar surface area (TPSA) is 242 Å². The summed E-state index contributed by atoms with van der Waals surface area (Å²) in [6.07, 6.45) is 11.6. The third-order valence-corrected chi connectivity index (χ3v) is 14.3. The molecular weight excluding hydrogens is 985 g/mol. The Bertz CT molecular complexity index is 3190. The number of hydrogen-bond donors (Lipinski definition) is 4. The van der Waals surface area contributed by atoms with Crippen molar-refractivity contribution >= 4 is 101 Å². The summed E-state index contributed by atoms with van der Waals surface area (Å²) in [5.74, 6) is -0.341. The van der Waals surface area contributed by atoms with E-state index in [1.807, 2.05) is 37.6 Å². The minimum absolute atomic E-state index is 0.0761. The molecule has 0 radical (unpaired) electrons. The normalized spacial score (nSPS) is 18.1. The van der Waals surface area contributed by atoms with Crippen molar-refractivity contribution in [1.29, 1.82) is 0 Å². The van der Waals surface area contributed by atoms with Crippen molar-refractivity contribution in [3.63, 3.8) is 0 Å². The molecule has 3 aromatic carbocycles. The molecule has 3 saturated heterocycles. The van der Waals surface area contributed by atoms with Gasteiger partial charge in [0, 0.05) is 113 Å². The fourth-order valence-electron chi connectivity index (χ4n) is 9.65. The Morgan fingerprint density at radius 1 is 0.829 bits per heavy atom. The first-order valence-corrected chi connectivity index (χ1v) is 25.4. The van der Waals surface area contributed by atoms with E-state index in [1.165, 1.54) is 12.4 Å². The van der Waals surface area contributed by atoms with Gasteiger partial charge in [-0.25, -0.2) is 13.4 Å². The van der Waals surface area contributed by atoms with E-state index in [0.717, 1.165) is 92.3 Å². The SMILES string of the molecule is COc1cc(N2CCN(CC3CCN(c4ccc5c(c4)C(=O)N(C4CCC(=O)NC4=O)C5=O)CC3)CC2)c(-c2cnn(C)c2)cc1Nc1ncc(Br)c(Nc2ccc3nccnc3c2NS(C)(=O)=O)n1. The van der Waals surface area contributed by atoms with Crippen molar-refractivity contribution in [2.45, 2.75) is 31.7 Å². The van der Waals surface area contributed by atoms with Gasteiger partial charge in [0.2, 0.25) is 27.8 Å². The molecule has 4 aliphatic rings. The average Bonchev–Trinajstić information content (AvgIpc) is 3.89. The number of aromatic nitrogens is 6. The van der Waals surface area contributed by atoms with Gasteiger partial charge in [0.05, 0.1) is 57.7 Å². The maximum absolute atomic E-state index is 13.5. The average molecular weight is 1030 g/mol. The lowest BCUT2D eigenvalue weighted by atomic mass is 9.95. The Balaban J connectivity index is 0.801.